The summed E-state index contributed by atoms with van der Waals surface area (Å²) >= 11 is 0. The number of benzene rings is 2. The highest BCUT2D eigenvalue weighted by molar-refractivity contribution is 6.03. The molecule has 1 saturated heterocycles. The first-order valence-corrected chi connectivity index (χ1v) is 10.6. The van der Waals surface area contributed by atoms with Gasteiger partial charge in [-0.2, -0.15) is 0 Å². The van der Waals surface area contributed by atoms with E-state index in [0.717, 1.165) is 0 Å². The largest absolute Gasteiger partial charge is 0.493 e. The lowest BCUT2D eigenvalue weighted by Gasteiger charge is -2.20. The van der Waals surface area contributed by atoms with Crippen molar-refractivity contribution in [2.24, 2.45) is 5.92 Å². The molecule has 3 amide bonds. The normalized spacial score (nSPS) is 15.0. The molecule has 1 unspecified atom stereocenters. The van der Waals surface area contributed by atoms with Crippen LogP contribution in [0.15, 0.2) is 36.4 Å². The number of hydrogen-bond donors (Lipinski definition) is 1. The second-order valence-electron chi connectivity index (χ2n) is 7.88. The van der Waals surface area contributed by atoms with Crippen LogP contribution in [-0.4, -0.2) is 71.2 Å². The lowest BCUT2D eigenvalue weighted by molar-refractivity contribution is -0.130. The molecule has 0 spiro atoms. The maximum absolute atomic E-state index is 12.8. The zero-order valence-electron chi connectivity index (χ0n) is 19.9. The Morgan fingerprint density at radius 3 is 2.18 bits per heavy atom. The molecule has 182 valence electrons. The second kappa shape index (κ2) is 10.8. The maximum atomic E-state index is 12.8. The molecule has 0 saturated carbocycles. The number of hydrogen-bond acceptors (Lipinski definition) is 7. The van der Waals surface area contributed by atoms with Gasteiger partial charge in [-0.1, -0.05) is 0 Å². The van der Waals surface area contributed by atoms with Crippen molar-refractivity contribution >= 4 is 29.1 Å². The van der Waals surface area contributed by atoms with Crippen molar-refractivity contribution in [3.05, 3.63) is 36.4 Å². The lowest BCUT2D eigenvalue weighted by Crippen LogP contribution is -2.28. The summed E-state index contributed by atoms with van der Waals surface area (Å²) < 4.78 is 21.5. The molecule has 0 aliphatic carbocycles. The van der Waals surface area contributed by atoms with Crippen molar-refractivity contribution in [1.82, 2.24) is 4.90 Å². The first-order chi connectivity index (χ1) is 16.3. The highest BCUT2D eigenvalue weighted by Crippen LogP contribution is 2.42. The molecule has 1 fully saturated rings. The van der Waals surface area contributed by atoms with Crippen molar-refractivity contribution < 1.29 is 33.3 Å². The molecule has 34 heavy (non-hydrogen) atoms. The topological polar surface area (TPSA) is 107 Å². The van der Waals surface area contributed by atoms with E-state index in [1.807, 2.05) is 0 Å². The van der Waals surface area contributed by atoms with E-state index in [0.29, 0.717) is 34.4 Å². The highest BCUT2D eigenvalue weighted by atomic mass is 16.5. The quantitative estimate of drug-likeness (QED) is 0.597. The third-order valence-corrected chi connectivity index (χ3v) is 5.44. The van der Waals surface area contributed by atoms with Crippen LogP contribution in [0.2, 0.25) is 0 Å². The molecule has 0 bridgehead atoms. The number of nitrogens with one attached hydrogen (secondary N) is 1. The molecule has 10 heteroatoms. The van der Waals surface area contributed by atoms with Crippen LogP contribution in [0.5, 0.6) is 23.0 Å². The van der Waals surface area contributed by atoms with Gasteiger partial charge in [-0.15, -0.1) is 0 Å². The third kappa shape index (κ3) is 5.51. The number of methoxy groups -OCH3 is 3. The minimum atomic E-state index is -0.528. The summed E-state index contributed by atoms with van der Waals surface area (Å²) in [4.78, 5) is 40.1. The molecule has 1 heterocycles. The number of likely N-dealkylation sites (N-methyl/N-ethyl adjacent to an activating group) is 1. The smallest absolute Gasteiger partial charge is 0.259 e. The summed E-state index contributed by atoms with van der Waals surface area (Å²) in [5.74, 6) is 0.661. The Labute approximate surface area is 198 Å². The first kappa shape index (κ1) is 24.7. The van der Waals surface area contributed by atoms with Gasteiger partial charge in [0.25, 0.3) is 5.91 Å². The van der Waals surface area contributed by atoms with Crippen LogP contribution in [0.4, 0.5) is 11.4 Å². The van der Waals surface area contributed by atoms with E-state index in [2.05, 4.69) is 5.32 Å². The Hall–Kier alpha value is -3.95. The van der Waals surface area contributed by atoms with Crippen LogP contribution < -0.4 is 29.2 Å². The molecule has 3 rings (SSSR count). The van der Waals surface area contributed by atoms with Gasteiger partial charge >= 0.3 is 0 Å². The Morgan fingerprint density at radius 2 is 1.65 bits per heavy atom. The molecule has 1 atom stereocenters. The Kier molecular flexibility index (Phi) is 7.83. The van der Waals surface area contributed by atoms with Gasteiger partial charge in [0.05, 0.1) is 32.9 Å². The zero-order valence-corrected chi connectivity index (χ0v) is 19.9. The van der Waals surface area contributed by atoms with E-state index < -0.39 is 5.92 Å². The van der Waals surface area contributed by atoms with Crippen LogP contribution in [0.3, 0.4) is 0 Å². The number of rotatable bonds is 9. The molecule has 1 aliphatic heterocycles. The van der Waals surface area contributed by atoms with Gasteiger partial charge < -0.3 is 34.1 Å². The summed E-state index contributed by atoms with van der Waals surface area (Å²) in [6.07, 6.45) is 0.0797. The van der Waals surface area contributed by atoms with E-state index in [-0.39, 0.29) is 37.3 Å². The predicted octanol–water partition coefficient (Wildman–Crippen LogP) is 2.17. The Morgan fingerprint density at radius 1 is 1.03 bits per heavy atom. The number of ether oxygens (including phenoxy) is 4. The van der Waals surface area contributed by atoms with Crippen molar-refractivity contribution in [3.8, 4) is 23.0 Å². The molecule has 0 aromatic heterocycles. The summed E-state index contributed by atoms with van der Waals surface area (Å²) in [7, 11) is 7.81. The highest BCUT2D eigenvalue weighted by Gasteiger charge is 2.36. The molecule has 0 radical (unpaired) electrons. The van der Waals surface area contributed by atoms with Gasteiger partial charge in [-0.3, -0.25) is 14.4 Å². The van der Waals surface area contributed by atoms with Crippen LogP contribution in [0.1, 0.15) is 6.42 Å². The molecule has 1 aliphatic rings. The number of nitrogens with zero attached hydrogens (tertiary/aromatic N) is 2. The second-order valence-corrected chi connectivity index (χ2v) is 7.88. The lowest BCUT2D eigenvalue weighted by atomic mass is 10.1. The minimum absolute atomic E-state index is 0.0698. The number of carbonyl (C=O) groups is 3. The van der Waals surface area contributed by atoms with Crippen molar-refractivity contribution in [1.29, 1.82) is 0 Å². The van der Waals surface area contributed by atoms with Gasteiger partial charge in [0.1, 0.15) is 5.75 Å². The van der Waals surface area contributed by atoms with Gasteiger partial charge in [-0.05, 0) is 24.3 Å². The molecule has 2 aromatic rings. The van der Waals surface area contributed by atoms with Gasteiger partial charge in [-0.25, -0.2) is 0 Å². The number of amides is 3. The van der Waals surface area contributed by atoms with Crippen molar-refractivity contribution in [3.63, 3.8) is 0 Å². The van der Waals surface area contributed by atoms with Crippen LogP contribution in [0.25, 0.3) is 0 Å². The fraction of sp³-hybridized carbons (Fsp3) is 0.375. The number of carbonyl (C=O) groups excluding carboxylic acids is 3. The van der Waals surface area contributed by atoms with Gasteiger partial charge in [0.2, 0.25) is 17.6 Å². The number of anilines is 2. The van der Waals surface area contributed by atoms with Crippen LogP contribution >= 0.6 is 0 Å². The molecular formula is C24H29N3O7. The summed E-state index contributed by atoms with van der Waals surface area (Å²) in [6.45, 7) is 0.150. The first-order valence-electron chi connectivity index (χ1n) is 10.6. The van der Waals surface area contributed by atoms with E-state index in [1.54, 1.807) is 50.5 Å². The fourth-order valence-electron chi connectivity index (χ4n) is 3.51. The SMILES string of the molecule is COc1cc(N2CC(C(=O)Nc3ccc(OCC(=O)N(C)C)cc3)CC2=O)cc(OC)c1OC. The predicted molar refractivity (Wildman–Crippen MR) is 126 cm³/mol. The summed E-state index contributed by atoms with van der Waals surface area (Å²) in [5, 5.41) is 2.83. The maximum Gasteiger partial charge on any atom is 0.259 e. The standard InChI is InChI=1S/C24H29N3O7/c1-26(2)22(29)14-34-18-8-6-16(7-9-18)25-24(30)15-10-21(28)27(13-15)17-11-19(31-3)23(33-5)20(12-17)32-4/h6-9,11-12,15H,10,13-14H2,1-5H3,(H,25,30). The van der Waals surface area contributed by atoms with Crippen LogP contribution in [-0.2, 0) is 14.4 Å². The van der Waals surface area contributed by atoms with Crippen LogP contribution in [0, 0.1) is 5.92 Å². The Bertz CT molecular complexity index is 1030. The summed E-state index contributed by atoms with van der Waals surface area (Å²) in [5.41, 5.74) is 1.12. The average molecular weight is 472 g/mol. The van der Waals surface area contributed by atoms with E-state index in [9.17, 15) is 14.4 Å². The molecule has 10 nitrogen and oxygen atoms in total. The fourth-order valence-corrected chi connectivity index (χ4v) is 3.51. The zero-order chi connectivity index (χ0) is 24.8. The van der Waals surface area contributed by atoms with E-state index in [1.165, 1.54) is 31.1 Å². The minimum Gasteiger partial charge on any atom is -0.493 e. The van der Waals surface area contributed by atoms with E-state index >= 15 is 0 Å². The average Bonchev–Trinajstić information content (AvgIpc) is 3.23. The van der Waals surface area contributed by atoms with Gasteiger partial charge in [0.15, 0.2) is 18.1 Å². The Balaban J connectivity index is 1.65. The van der Waals surface area contributed by atoms with Gasteiger partial charge in [0, 0.05) is 44.9 Å². The molecule has 2 aromatic carbocycles. The van der Waals surface area contributed by atoms with Crippen molar-refractivity contribution in [2.45, 2.75) is 6.42 Å². The summed E-state index contributed by atoms with van der Waals surface area (Å²) in [6, 6.07) is 10.1. The monoisotopic (exact) mass is 471 g/mol. The molecular weight excluding hydrogens is 442 g/mol. The van der Waals surface area contributed by atoms with E-state index in [4.69, 9.17) is 18.9 Å². The third-order valence-electron chi connectivity index (χ3n) is 5.44. The van der Waals surface area contributed by atoms with Crippen molar-refractivity contribution in [2.75, 3.05) is 58.8 Å². The molecule has 1 N–H and O–H groups in total.